The van der Waals surface area contributed by atoms with Crippen molar-refractivity contribution in [3.63, 3.8) is 0 Å². The zero-order valence-electron chi connectivity index (χ0n) is 31.9. The molecule has 308 valence electrons. The maximum absolute atomic E-state index is 12.6. The second kappa shape index (κ2) is 20.8. The third kappa shape index (κ3) is 12.1. The Bertz CT molecular complexity index is 2430. The molecule has 0 aliphatic rings. The Morgan fingerprint density at radius 3 is 1.56 bits per heavy atom. The summed E-state index contributed by atoms with van der Waals surface area (Å²) in [5, 5.41) is 18.3. The van der Waals surface area contributed by atoms with Crippen LogP contribution in [0.4, 0.5) is 11.9 Å². The molecule has 0 radical (unpaired) electrons. The van der Waals surface area contributed by atoms with Crippen molar-refractivity contribution < 1.29 is 42.2 Å². The van der Waals surface area contributed by atoms with E-state index in [1.54, 1.807) is 58.3 Å². The number of hydrogen-bond donors (Lipinski definition) is 8. The molecule has 0 amide bonds. The molecule has 0 atom stereocenters. The van der Waals surface area contributed by atoms with Crippen LogP contribution in [0.15, 0.2) is 70.5 Å². The van der Waals surface area contributed by atoms with E-state index in [2.05, 4.69) is 29.9 Å². The number of aromatic amines is 4. The number of nitrogens with zero attached hydrogens (tertiary/aromatic N) is 2. The number of anilines is 2. The van der Waals surface area contributed by atoms with Gasteiger partial charge in [0.2, 0.25) is 11.9 Å². The number of nitrogens with two attached hydrogens (primary N) is 2. The summed E-state index contributed by atoms with van der Waals surface area (Å²) < 4.78 is 49.4. The Kier molecular flexibility index (Phi) is 16.2. The Labute approximate surface area is 327 Å². The standard InChI is InChI=1S/C18H23N4O5P.C13H12N4O2.C5H13O4P/c1-3-26-28(24,27-4-2)11-25-14-8-6-5-7-12(14)9-13-10-20-16-15(13)21-18(19)22-17(16)23;14-13-16-10-8(6-15-11(10)12(19)17-13)5-7-3-1-2-4-9(7)18;1-3-8-10(7,5-6)9-4-2/h5-8,10,20H,3-4,9,11H2,1-2H3,(H3,19,21,22,23);1-4,6,15,18H,5H2,(H3,14,16,17,19);6H,3-5H2,1-2H3. The van der Waals surface area contributed by atoms with Crippen molar-refractivity contribution in [3.8, 4) is 11.5 Å². The maximum atomic E-state index is 12.6. The minimum absolute atomic E-state index is 0.0530. The van der Waals surface area contributed by atoms with Gasteiger partial charge in [0.1, 0.15) is 39.9 Å². The number of para-hydroxylation sites is 2. The van der Waals surface area contributed by atoms with Crippen LogP contribution in [0.5, 0.6) is 11.5 Å². The maximum Gasteiger partial charge on any atom is 0.367 e. The van der Waals surface area contributed by atoms with Crippen molar-refractivity contribution in [1.82, 2.24) is 29.9 Å². The first-order valence-electron chi connectivity index (χ1n) is 17.8. The lowest BCUT2D eigenvalue weighted by molar-refractivity contribution is 0.191. The van der Waals surface area contributed by atoms with Gasteiger partial charge < -0.3 is 54.5 Å². The fraction of sp³-hybridized carbons (Fsp3) is 0.333. The summed E-state index contributed by atoms with van der Waals surface area (Å²) in [4.78, 5) is 42.7. The van der Waals surface area contributed by atoms with E-state index in [1.165, 1.54) is 0 Å². The average Bonchev–Trinajstić information content (AvgIpc) is 3.77. The molecule has 6 aromatic rings. The number of nitrogen functional groups attached to an aromatic ring is 2. The number of phenols is 1. The van der Waals surface area contributed by atoms with Crippen molar-refractivity contribution in [1.29, 1.82) is 0 Å². The molecule has 10 N–H and O–H groups in total. The molecule has 4 heterocycles. The van der Waals surface area contributed by atoms with Gasteiger partial charge in [0.25, 0.3) is 11.1 Å². The lowest BCUT2D eigenvalue weighted by Gasteiger charge is -2.18. The summed E-state index contributed by atoms with van der Waals surface area (Å²) >= 11 is 0. The summed E-state index contributed by atoms with van der Waals surface area (Å²) in [6.07, 6.45) is 3.61. The van der Waals surface area contributed by atoms with Crippen LogP contribution < -0.4 is 27.3 Å². The van der Waals surface area contributed by atoms with E-state index in [1.807, 2.05) is 30.3 Å². The Morgan fingerprint density at radius 2 is 1.09 bits per heavy atom. The van der Waals surface area contributed by atoms with Crippen LogP contribution in [0.3, 0.4) is 0 Å². The summed E-state index contributed by atoms with van der Waals surface area (Å²) in [7, 11) is -6.47. The highest BCUT2D eigenvalue weighted by Crippen LogP contribution is 2.48. The predicted octanol–water partition coefficient (Wildman–Crippen LogP) is 5.36. The van der Waals surface area contributed by atoms with E-state index in [-0.39, 0.29) is 61.5 Å². The zero-order valence-corrected chi connectivity index (χ0v) is 33.7. The fourth-order valence-corrected chi connectivity index (χ4v) is 7.80. The molecule has 0 saturated heterocycles. The van der Waals surface area contributed by atoms with Crippen LogP contribution in [-0.4, -0.2) is 79.2 Å². The number of H-pyrrole nitrogens is 4. The first-order chi connectivity index (χ1) is 27.3. The molecular weight excluding hydrogens is 782 g/mol. The van der Waals surface area contributed by atoms with Gasteiger partial charge in [-0.1, -0.05) is 36.4 Å². The summed E-state index contributed by atoms with van der Waals surface area (Å²) in [5.74, 6) is 0.900. The third-order valence-corrected chi connectivity index (χ3v) is 11.2. The van der Waals surface area contributed by atoms with Crippen molar-refractivity contribution in [3.05, 3.63) is 104 Å². The Morgan fingerprint density at radius 1 is 0.649 bits per heavy atom. The molecule has 0 aliphatic heterocycles. The molecule has 6 rings (SSSR count). The number of ether oxygens (including phenoxy) is 1. The topological polar surface area (TPSA) is 296 Å². The van der Waals surface area contributed by atoms with E-state index >= 15 is 0 Å². The minimum Gasteiger partial charge on any atom is -0.508 e. The lowest BCUT2D eigenvalue weighted by atomic mass is 10.1. The normalized spacial score (nSPS) is 11.5. The van der Waals surface area contributed by atoms with Gasteiger partial charge in [0, 0.05) is 36.4 Å². The highest BCUT2D eigenvalue weighted by atomic mass is 31.2. The number of nitrogens with one attached hydrogen (secondary N) is 4. The van der Waals surface area contributed by atoms with E-state index in [0.29, 0.717) is 40.7 Å². The van der Waals surface area contributed by atoms with Crippen molar-refractivity contribution in [2.75, 3.05) is 50.6 Å². The molecule has 2 aromatic carbocycles. The van der Waals surface area contributed by atoms with E-state index in [4.69, 9.17) is 39.4 Å². The number of aliphatic hydroxyl groups is 1. The van der Waals surface area contributed by atoms with E-state index in [9.17, 15) is 23.8 Å². The first kappa shape index (κ1) is 44.5. The number of aliphatic hydroxyl groups excluding tert-OH is 1. The number of phenolic OH excluding ortho intramolecular Hbond substituents is 1. The van der Waals surface area contributed by atoms with Gasteiger partial charge in [0.15, 0.2) is 6.35 Å². The molecule has 0 unspecified atom stereocenters. The molecule has 0 aliphatic carbocycles. The number of hydrogen-bond acceptors (Lipinski definition) is 15. The van der Waals surface area contributed by atoms with Crippen LogP contribution in [0, 0.1) is 0 Å². The highest BCUT2D eigenvalue weighted by molar-refractivity contribution is 7.53. The van der Waals surface area contributed by atoms with Crippen LogP contribution >= 0.6 is 15.2 Å². The number of aromatic nitrogens is 6. The van der Waals surface area contributed by atoms with Crippen LogP contribution in [-0.2, 0) is 40.1 Å². The largest absolute Gasteiger partial charge is 0.508 e. The first-order valence-corrected chi connectivity index (χ1v) is 21.3. The van der Waals surface area contributed by atoms with Crippen LogP contribution in [0.25, 0.3) is 22.1 Å². The van der Waals surface area contributed by atoms with Gasteiger partial charge >= 0.3 is 15.2 Å². The van der Waals surface area contributed by atoms with Gasteiger partial charge in [-0.2, -0.15) is 0 Å². The van der Waals surface area contributed by atoms with Crippen LogP contribution in [0.2, 0.25) is 0 Å². The summed E-state index contributed by atoms with van der Waals surface area (Å²) in [6.45, 7) is 7.99. The van der Waals surface area contributed by atoms with Crippen LogP contribution in [0.1, 0.15) is 49.9 Å². The Balaban J connectivity index is 0.000000213. The second-order valence-electron chi connectivity index (χ2n) is 11.9. The number of benzene rings is 2. The van der Waals surface area contributed by atoms with Crippen molar-refractivity contribution in [2.24, 2.45) is 0 Å². The predicted molar refractivity (Wildman–Crippen MR) is 217 cm³/mol. The van der Waals surface area contributed by atoms with E-state index in [0.717, 1.165) is 22.3 Å². The molecular formula is C36H48N8O11P2. The van der Waals surface area contributed by atoms with Gasteiger partial charge in [-0.15, -0.1) is 0 Å². The molecule has 4 aromatic heterocycles. The van der Waals surface area contributed by atoms with Gasteiger partial charge in [0.05, 0.1) is 26.4 Å². The van der Waals surface area contributed by atoms with Gasteiger partial charge in [-0.3, -0.25) is 28.7 Å². The quantitative estimate of drug-likeness (QED) is 0.0570. The summed E-state index contributed by atoms with van der Waals surface area (Å²) in [5.41, 5.74) is 15.6. The molecule has 57 heavy (non-hydrogen) atoms. The Hall–Kier alpha value is -5.26. The molecule has 0 spiro atoms. The van der Waals surface area contributed by atoms with Gasteiger partial charge in [-0.25, -0.2) is 9.97 Å². The summed E-state index contributed by atoms with van der Waals surface area (Å²) in [6, 6.07) is 14.4. The minimum atomic E-state index is -3.33. The highest BCUT2D eigenvalue weighted by Gasteiger charge is 2.25. The number of aromatic hydroxyl groups is 1. The molecule has 21 heteroatoms. The van der Waals surface area contributed by atoms with Crippen molar-refractivity contribution >= 4 is 49.2 Å². The monoisotopic (exact) mass is 830 g/mol. The lowest BCUT2D eigenvalue weighted by Crippen LogP contribution is -2.11. The second-order valence-corrected chi connectivity index (χ2v) is 15.9. The average molecular weight is 831 g/mol. The molecule has 0 fully saturated rings. The fourth-order valence-electron chi connectivity index (χ4n) is 5.47. The smallest absolute Gasteiger partial charge is 0.367 e. The van der Waals surface area contributed by atoms with Gasteiger partial charge in [-0.05, 0) is 51.0 Å². The van der Waals surface area contributed by atoms with Crippen molar-refractivity contribution in [2.45, 2.75) is 40.5 Å². The molecule has 19 nitrogen and oxygen atoms in total. The third-order valence-electron chi connectivity index (χ3n) is 7.85. The van der Waals surface area contributed by atoms with E-state index < -0.39 is 21.5 Å². The number of fused-ring (bicyclic) bond motifs is 2. The number of rotatable bonds is 16. The molecule has 0 bridgehead atoms. The SMILES string of the molecule is CCOP(=O)(CO)OCC.CCOP(=O)(COc1ccccc1Cc1c[nH]c2c(=O)[nH]c(N)nc12)OCC.Nc1nc2c(Cc3ccccc3O)c[nH]c2c(=O)[nH]1. The molecule has 0 saturated carbocycles. The zero-order chi connectivity index (χ0) is 41.6.